The van der Waals surface area contributed by atoms with Crippen molar-refractivity contribution in [3.8, 4) is 0 Å². The minimum Gasteiger partial charge on any atom is -0.502 e. The summed E-state index contributed by atoms with van der Waals surface area (Å²) >= 11 is 6.37. The number of thiocarbonyl (C=S) groups is 1. The molecule has 1 N–H and O–H groups in total. The van der Waals surface area contributed by atoms with Gasteiger partial charge in [0.2, 0.25) is 0 Å². The van der Waals surface area contributed by atoms with E-state index in [1.165, 1.54) is 10.4 Å². The van der Waals surface area contributed by atoms with E-state index >= 15 is 0 Å². The normalized spacial score (nSPS) is 10.8. The van der Waals surface area contributed by atoms with Gasteiger partial charge in [0.1, 0.15) is 0 Å². The molecule has 0 amide bonds. The van der Waals surface area contributed by atoms with Gasteiger partial charge in [0.05, 0.1) is 15.2 Å². The lowest BCUT2D eigenvalue weighted by molar-refractivity contribution is 0.543. The Kier molecular flexibility index (Phi) is 4.14. The van der Waals surface area contributed by atoms with Crippen LogP contribution in [0, 0.1) is 0 Å². The molecule has 1 heterocycles. The molecule has 0 aliphatic rings. The van der Waals surface area contributed by atoms with Gasteiger partial charge in [0, 0.05) is 26.2 Å². The molecular weight excluding hydrogens is 264 g/mol. The predicted molar refractivity (Wildman–Crippen MR) is 82.1 cm³/mol. The summed E-state index contributed by atoms with van der Waals surface area (Å²) in [6.45, 7) is 0. The van der Waals surface area contributed by atoms with E-state index in [0.717, 1.165) is 23.4 Å². The first kappa shape index (κ1) is 13.2. The van der Waals surface area contributed by atoms with E-state index < -0.39 is 0 Å². The molecule has 3 nitrogen and oxygen atoms in total. The molecule has 2 aromatic rings. The summed E-state index contributed by atoms with van der Waals surface area (Å²) < 4.78 is 1.21. The van der Waals surface area contributed by atoms with Crippen molar-refractivity contribution in [2.24, 2.45) is 0 Å². The summed E-state index contributed by atoms with van der Waals surface area (Å²) in [5.41, 5.74) is 2.24. The molecule has 0 aliphatic carbocycles. The molecule has 0 atom stereocenters. The lowest BCUT2D eigenvalue weighted by Gasteiger charge is -2.11. The monoisotopic (exact) mass is 280 g/mol. The topological polar surface area (TPSA) is 36.4 Å². The minimum atomic E-state index is 0.0889. The Morgan fingerprint density at radius 3 is 2.89 bits per heavy atom. The number of nitrogens with zero attached hydrogens (tertiary/aromatic N) is 2. The van der Waals surface area contributed by atoms with Crippen LogP contribution in [0.4, 0.5) is 5.69 Å². The van der Waals surface area contributed by atoms with Crippen LogP contribution >= 0.6 is 23.6 Å². The van der Waals surface area contributed by atoms with Crippen LogP contribution in [0.15, 0.2) is 18.2 Å². The second-order valence-corrected chi connectivity index (χ2v) is 5.99. The number of fused-ring (bicyclic) bond motifs is 1. The lowest BCUT2D eigenvalue weighted by Crippen LogP contribution is -2.07. The third kappa shape index (κ3) is 3.17. The molecule has 0 spiro atoms. The summed E-state index contributed by atoms with van der Waals surface area (Å²) in [5.74, 6) is 0. The molecule has 5 heteroatoms. The van der Waals surface area contributed by atoms with Gasteiger partial charge in [-0.15, -0.1) is 11.3 Å². The van der Waals surface area contributed by atoms with Crippen molar-refractivity contribution >= 4 is 44.5 Å². The van der Waals surface area contributed by atoms with E-state index in [9.17, 15) is 0 Å². The van der Waals surface area contributed by atoms with Gasteiger partial charge < -0.3 is 10.0 Å². The van der Waals surface area contributed by atoms with Crippen molar-refractivity contribution in [3.63, 3.8) is 0 Å². The number of anilines is 1. The van der Waals surface area contributed by atoms with Gasteiger partial charge in [0.15, 0.2) is 5.05 Å². The maximum absolute atomic E-state index is 8.98. The van der Waals surface area contributed by atoms with Crippen LogP contribution in [-0.4, -0.2) is 29.2 Å². The molecule has 18 heavy (non-hydrogen) atoms. The molecule has 2 rings (SSSR count). The quantitative estimate of drug-likeness (QED) is 0.849. The Labute approximate surface area is 116 Å². The zero-order chi connectivity index (χ0) is 13.1. The summed E-state index contributed by atoms with van der Waals surface area (Å²) in [7, 11) is 4.07. The van der Waals surface area contributed by atoms with E-state index in [-0.39, 0.29) is 5.05 Å². The Hall–Kier alpha value is -1.20. The predicted octanol–water partition coefficient (Wildman–Crippen LogP) is 3.57. The molecule has 1 aromatic carbocycles. The fourth-order valence-corrected chi connectivity index (χ4v) is 2.92. The number of aromatic nitrogens is 1. The minimum absolute atomic E-state index is 0.0889. The molecule has 0 radical (unpaired) electrons. The van der Waals surface area contributed by atoms with Crippen molar-refractivity contribution < 1.29 is 5.11 Å². The van der Waals surface area contributed by atoms with Crippen molar-refractivity contribution in [1.82, 2.24) is 4.98 Å². The average Bonchev–Trinajstić information content (AvgIpc) is 2.69. The smallest absolute Gasteiger partial charge is 0.156 e. The average molecular weight is 280 g/mol. The van der Waals surface area contributed by atoms with Gasteiger partial charge in [-0.25, -0.2) is 4.98 Å². The molecule has 0 unspecified atom stereocenters. The lowest BCUT2D eigenvalue weighted by atomic mass is 10.2. The van der Waals surface area contributed by atoms with Gasteiger partial charge >= 0.3 is 0 Å². The second kappa shape index (κ2) is 5.63. The summed E-state index contributed by atoms with van der Waals surface area (Å²) in [4.78, 5) is 6.67. The van der Waals surface area contributed by atoms with E-state index in [4.69, 9.17) is 5.11 Å². The van der Waals surface area contributed by atoms with Gasteiger partial charge in [0.25, 0.3) is 0 Å². The van der Waals surface area contributed by atoms with Gasteiger partial charge in [-0.2, -0.15) is 0 Å². The Balaban J connectivity index is 2.14. The van der Waals surface area contributed by atoms with Crippen molar-refractivity contribution in [1.29, 1.82) is 0 Å². The van der Waals surface area contributed by atoms with Gasteiger partial charge in [-0.1, -0.05) is 0 Å². The van der Waals surface area contributed by atoms with Crippen LogP contribution in [0.3, 0.4) is 0 Å². The molecule has 0 bridgehead atoms. The Bertz CT molecular complexity index is 563. The summed E-state index contributed by atoms with van der Waals surface area (Å²) in [6, 6.07) is 6.29. The number of thiazole rings is 1. The van der Waals surface area contributed by atoms with E-state index in [1.54, 1.807) is 11.3 Å². The second-order valence-electron chi connectivity index (χ2n) is 4.40. The maximum atomic E-state index is 8.98. The third-order valence-electron chi connectivity index (χ3n) is 2.71. The SMILES string of the molecule is CN(C)c1ccc2nc(CCCC(O)=S)sc2c1. The number of hydrogen-bond donors (Lipinski definition) is 1. The first-order valence-electron chi connectivity index (χ1n) is 5.85. The zero-order valence-electron chi connectivity index (χ0n) is 10.5. The number of benzene rings is 1. The van der Waals surface area contributed by atoms with Gasteiger partial charge in [-0.05, 0) is 43.3 Å². The van der Waals surface area contributed by atoms with Crippen LogP contribution in [0.5, 0.6) is 0 Å². The number of rotatable bonds is 5. The van der Waals surface area contributed by atoms with Crippen LogP contribution in [0.1, 0.15) is 17.8 Å². The van der Waals surface area contributed by atoms with Crippen LogP contribution in [0.25, 0.3) is 10.2 Å². The Morgan fingerprint density at radius 2 is 2.22 bits per heavy atom. The number of aliphatic hydroxyl groups is 1. The molecule has 0 fully saturated rings. The number of hydrogen-bond acceptors (Lipinski definition) is 4. The van der Waals surface area contributed by atoms with Crippen molar-refractivity contribution in [3.05, 3.63) is 23.2 Å². The highest BCUT2D eigenvalue weighted by Gasteiger charge is 2.06. The number of aliphatic hydroxyl groups excluding tert-OH is 1. The summed E-state index contributed by atoms with van der Waals surface area (Å²) in [5, 5.41) is 10.2. The third-order valence-corrected chi connectivity index (χ3v) is 4.00. The zero-order valence-corrected chi connectivity index (χ0v) is 12.1. The highest BCUT2D eigenvalue weighted by Crippen LogP contribution is 2.27. The standard InChI is InChI=1S/C13H16N2OS2/c1-15(2)9-6-7-10-11(8-9)18-12(14-10)4-3-5-13(16)17/h6-8H,3-5H2,1-2H3,(H,16,17). The van der Waals surface area contributed by atoms with Crippen molar-refractivity contribution in [2.75, 3.05) is 19.0 Å². The first-order valence-corrected chi connectivity index (χ1v) is 7.07. The van der Waals surface area contributed by atoms with E-state index in [1.807, 2.05) is 14.1 Å². The van der Waals surface area contributed by atoms with Crippen LogP contribution in [-0.2, 0) is 6.42 Å². The van der Waals surface area contributed by atoms with Crippen LogP contribution in [0.2, 0.25) is 0 Å². The molecule has 0 aliphatic heterocycles. The molecule has 0 saturated carbocycles. The highest BCUT2D eigenvalue weighted by molar-refractivity contribution is 7.80. The van der Waals surface area contributed by atoms with E-state index in [0.29, 0.717) is 6.42 Å². The first-order chi connectivity index (χ1) is 8.56. The van der Waals surface area contributed by atoms with Crippen LogP contribution < -0.4 is 4.90 Å². The molecule has 0 saturated heterocycles. The van der Waals surface area contributed by atoms with Crippen molar-refractivity contribution in [2.45, 2.75) is 19.3 Å². The Morgan fingerprint density at radius 1 is 1.44 bits per heavy atom. The van der Waals surface area contributed by atoms with E-state index in [2.05, 4.69) is 40.3 Å². The number of aryl methyl sites for hydroxylation is 1. The summed E-state index contributed by atoms with van der Waals surface area (Å²) in [6.07, 6.45) is 2.31. The molecular formula is C13H16N2OS2. The molecule has 1 aromatic heterocycles. The largest absolute Gasteiger partial charge is 0.502 e. The van der Waals surface area contributed by atoms with Gasteiger partial charge in [-0.3, -0.25) is 0 Å². The maximum Gasteiger partial charge on any atom is 0.156 e. The fourth-order valence-electron chi connectivity index (χ4n) is 1.74. The fraction of sp³-hybridized carbons (Fsp3) is 0.385. The molecule has 96 valence electrons. The highest BCUT2D eigenvalue weighted by atomic mass is 32.1.